The highest BCUT2D eigenvalue weighted by molar-refractivity contribution is 9.11. The SMILES string of the molecule is N#Cc1ccc(Cn2cncc2CN(C(=O)c2ccccc2)c2ccc(N3CCN(C(=O)c4ccc(Br)s4)CC3)cc2)cc1. The lowest BCUT2D eigenvalue weighted by Gasteiger charge is -2.36. The van der Waals surface area contributed by atoms with Crippen molar-refractivity contribution >= 4 is 50.5 Å². The summed E-state index contributed by atoms with van der Waals surface area (Å²) >= 11 is 4.90. The van der Waals surface area contributed by atoms with Crippen molar-refractivity contribution in [2.45, 2.75) is 13.1 Å². The summed E-state index contributed by atoms with van der Waals surface area (Å²) in [6.07, 6.45) is 3.56. The van der Waals surface area contributed by atoms with Crippen molar-refractivity contribution in [3.05, 3.63) is 135 Å². The van der Waals surface area contributed by atoms with Gasteiger partial charge >= 0.3 is 0 Å². The minimum atomic E-state index is -0.100. The molecule has 0 atom stereocenters. The summed E-state index contributed by atoms with van der Waals surface area (Å²) in [5, 5.41) is 9.12. The van der Waals surface area contributed by atoms with Gasteiger partial charge in [0.1, 0.15) is 0 Å². The number of nitrogens with zero attached hydrogens (tertiary/aromatic N) is 6. The van der Waals surface area contributed by atoms with Crippen LogP contribution in [0.15, 0.2) is 107 Å². The van der Waals surface area contributed by atoms with Gasteiger partial charge in [0.05, 0.1) is 38.9 Å². The lowest BCUT2D eigenvalue weighted by atomic mass is 10.1. The Morgan fingerprint density at radius 3 is 2.30 bits per heavy atom. The fourth-order valence-corrected chi connectivity index (χ4v) is 6.63. The van der Waals surface area contributed by atoms with Crippen LogP contribution in [0.2, 0.25) is 0 Å². The number of amides is 2. The highest BCUT2D eigenvalue weighted by Gasteiger charge is 2.24. The number of halogens is 1. The second-order valence-electron chi connectivity index (χ2n) is 10.5. The van der Waals surface area contributed by atoms with Crippen LogP contribution in [0.25, 0.3) is 0 Å². The average Bonchev–Trinajstić information content (AvgIpc) is 3.72. The number of benzene rings is 3. The molecule has 0 radical (unpaired) electrons. The van der Waals surface area contributed by atoms with Crippen LogP contribution in [-0.2, 0) is 13.1 Å². The van der Waals surface area contributed by atoms with Crippen LogP contribution in [0.1, 0.15) is 36.9 Å². The Bertz CT molecular complexity index is 1790. The average molecular weight is 666 g/mol. The number of aromatic nitrogens is 2. The van der Waals surface area contributed by atoms with Gasteiger partial charge in [-0.2, -0.15) is 5.26 Å². The fraction of sp³-hybridized carbons (Fsp3) is 0.176. The molecule has 5 aromatic rings. The number of carbonyl (C=O) groups excluding carboxylic acids is 2. The molecule has 10 heteroatoms. The van der Waals surface area contributed by atoms with E-state index in [4.69, 9.17) is 5.26 Å². The summed E-state index contributed by atoms with van der Waals surface area (Å²) in [7, 11) is 0. The monoisotopic (exact) mass is 664 g/mol. The van der Waals surface area contributed by atoms with Crippen LogP contribution in [-0.4, -0.2) is 52.4 Å². The first-order valence-corrected chi connectivity index (χ1v) is 15.8. The molecule has 3 heterocycles. The molecule has 2 aromatic heterocycles. The number of thiophene rings is 1. The van der Waals surface area contributed by atoms with Crippen molar-refractivity contribution in [1.29, 1.82) is 5.26 Å². The van der Waals surface area contributed by atoms with Crippen molar-refractivity contribution in [2.75, 3.05) is 36.0 Å². The molecule has 0 spiro atoms. The number of anilines is 2. The molecule has 1 aliphatic rings. The molecule has 1 fully saturated rings. The van der Waals surface area contributed by atoms with Crippen LogP contribution in [0.5, 0.6) is 0 Å². The predicted molar refractivity (Wildman–Crippen MR) is 176 cm³/mol. The molecular formula is C34H29BrN6O2S. The number of hydrogen-bond donors (Lipinski definition) is 0. The van der Waals surface area contributed by atoms with E-state index >= 15 is 0 Å². The second-order valence-corrected chi connectivity index (χ2v) is 12.9. The van der Waals surface area contributed by atoms with Crippen LogP contribution in [0.3, 0.4) is 0 Å². The first-order chi connectivity index (χ1) is 21.5. The smallest absolute Gasteiger partial charge is 0.264 e. The van der Waals surface area contributed by atoms with Crippen LogP contribution >= 0.6 is 27.3 Å². The maximum atomic E-state index is 13.8. The van der Waals surface area contributed by atoms with E-state index in [1.807, 2.05) is 88.3 Å². The molecule has 0 aliphatic carbocycles. The molecule has 0 N–H and O–H groups in total. The van der Waals surface area contributed by atoms with Gasteiger partial charge in [0, 0.05) is 55.9 Å². The maximum absolute atomic E-state index is 13.8. The second kappa shape index (κ2) is 13.3. The highest BCUT2D eigenvalue weighted by Crippen LogP contribution is 2.27. The Labute approximate surface area is 268 Å². The van der Waals surface area contributed by atoms with Crippen LogP contribution in [0.4, 0.5) is 11.4 Å². The van der Waals surface area contributed by atoms with Gasteiger partial charge < -0.3 is 19.3 Å². The number of carbonyl (C=O) groups is 2. The third-order valence-corrected chi connectivity index (χ3v) is 9.31. The van der Waals surface area contributed by atoms with Gasteiger partial charge in [0.25, 0.3) is 11.8 Å². The molecule has 2 amide bonds. The Balaban J connectivity index is 1.19. The molecule has 0 unspecified atom stereocenters. The van der Waals surface area contributed by atoms with Gasteiger partial charge in [0.2, 0.25) is 0 Å². The van der Waals surface area contributed by atoms with E-state index in [1.54, 1.807) is 29.6 Å². The van der Waals surface area contributed by atoms with E-state index < -0.39 is 0 Å². The third-order valence-electron chi connectivity index (χ3n) is 7.70. The van der Waals surface area contributed by atoms with Gasteiger partial charge in [-0.25, -0.2) is 4.98 Å². The zero-order valence-corrected chi connectivity index (χ0v) is 26.2. The lowest BCUT2D eigenvalue weighted by Crippen LogP contribution is -2.48. The molecule has 1 aliphatic heterocycles. The van der Waals surface area contributed by atoms with Crippen molar-refractivity contribution in [3.63, 3.8) is 0 Å². The van der Waals surface area contributed by atoms with Crippen molar-refractivity contribution < 1.29 is 9.59 Å². The topological polar surface area (TPSA) is 85.5 Å². The number of nitriles is 1. The zero-order chi connectivity index (χ0) is 30.5. The molecule has 44 heavy (non-hydrogen) atoms. The molecule has 8 nitrogen and oxygen atoms in total. The number of imidazole rings is 1. The molecule has 6 rings (SSSR count). The molecular weight excluding hydrogens is 636 g/mol. The summed E-state index contributed by atoms with van der Waals surface area (Å²) in [6.45, 7) is 3.68. The quantitative estimate of drug-likeness (QED) is 0.191. The van der Waals surface area contributed by atoms with Crippen LogP contribution < -0.4 is 9.80 Å². The molecule has 220 valence electrons. The van der Waals surface area contributed by atoms with E-state index in [0.29, 0.717) is 37.3 Å². The summed E-state index contributed by atoms with van der Waals surface area (Å²) in [5.41, 5.74) is 4.99. The Morgan fingerprint density at radius 1 is 0.909 bits per heavy atom. The molecule has 3 aromatic carbocycles. The largest absolute Gasteiger partial charge is 0.368 e. The van der Waals surface area contributed by atoms with Crippen LogP contribution in [0, 0.1) is 11.3 Å². The predicted octanol–water partition coefficient (Wildman–Crippen LogP) is 6.44. The normalized spacial score (nSPS) is 13.0. The Kier molecular flexibility index (Phi) is 8.86. The summed E-state index contributed by atoms with van der Waals surface area (Å²) < 4.78 is 2.98. The van der Waals surface area contributed by atoms with E-state index in [0.717, 1.165) is 44.4 Å². The Hall–Kier alpha value is -4.72. The number of hydrogen-bond acceptors (Lipinski definition) is 6. The first-order valence-electron chi connectivity index (χ1n) is 14.2. The van der Waals surface area contributed by atoms with Gasteiger partial charge in [-0.3, -0.25) is 9.59 Å². The van der Waals surface area contributed by atoms with E-state index in [-0.39, 0.29) is 11.8 Å². The zero-order valence-electron chi connectivity index (χ0n) is 23.8. The minimum absolute atomic E-state index is 0.0733. The minimum Gasteiger partial charge on any atom is -0.368 e. The van der Waals surface area contributed by atoms with Gasteiger partial charge in [-0.1, -0.05) is 30.3 Å². The maximum Gasteiger partial charge on any atom is 0.264 e. The van der Waals surface area contributed by atoms with Crippen molar-refractivity contribution in [2.24, 2.45) is 0 Å². The van der Waals surface area contributed by atoms with Gasteiger partial charge in [-0.15, -0.1) is 11.3 Å². The third kappa shape index (κ3) is 6.59. The van der Waals surface area contributed by atoms with Gasteiger partial charge in [0.15, 0.2) is 0 Å². The standard InChI is InChI=1S/C34H29BrN6O2S/c35-32-15-14-31(44-32)34(43)39-18-16-38(17-19-39)28-10-12-29(13-11-28)41(33(42)27-4-2-1-3-5-27)23-30-21-37-24-40(30)22-26-8-6-25(20-36)7-9-26/h1-15,21,24H,16-19,22-23H2. The van der Waals surface area contributed by atoms with Gasteiger partial charge in [-0.05, 0) is 82.2 Å². The highest BCUT2D eigenvalue weighted by atomic mass is 79.9. The van der Waals surface area contributed by atoms with E-state index in [9.17, 15) is 9.59 Å². The molecule has 0 saturated carbocycles. The van der Waals surface area contributed by atoms with Crippen molar-refractivity contribution in [3.8, 4) is 6.07 Å². The lowest BCUT2D eigenvalue weighted by molar-refractivity contribution is 0.0751. The van der Waals surface area contributed by atoms with E-state index in [2.05, 4.69) is 31.9 Å². The Morgan fingerprint density at radius 2 is 1.64 bits per heavy atom. The molecule has 0 bridgehead atoms. The fourth-order valence-electron chi connectivity index (χ4n) is 5.28. The summed E-state index contributed by atoms with van der Waals surface area (Å²) in [4.78, 5) is 37.8. The van der Waals surface area contributed by atoms with E-state index in [1.165, 1.54) is 11.3 Å². The summed E-state index contributed by atoms with van der Waals surface area (Å²) in [5.74, 6) is -0.0269. The number of rotatable bonds is 8. The number of piperazine rings is 1. The molecule has 1 saturated heterocycles. The van der Waals surface area contributed by atoms with Crippen molar-refractivity contribution in [1.82, 2.24) is 14.5 Å². The first kappa shape index (κ1) is 29.4. The summed E-state index contributed by atoms with van der Waals surface area (Å²) in [6, 6.07) is 30.7.